The Morgan fingerprint density at radius 2 is 1.07 bits per heavy atom. The molecule has 0 radical (unpaired) electrons. The molecule has 1 atom stereocenters. The number of aliphatic imine (C=N–C) groups is 2. The molecule has 0 amide bonds. The zero-order valence-electron chi connectivity index (χ0n) is 23.2. The van der Waals surface area contributed by atoms with Crippen molar-refractivity contribution in [1.82, 2.24) is 10.3 Å². The molecule has 1 N–H and O–H groups in total. The van der Waals surface area contributed by atoms with Crippen LogP contribution in [-0.2, 0) is 0 Å². The van der Waals surface area contributed by atoms with E-state index in [1.165, 1.54) is 5.56 Å². The highest BCUT2D eigenvalue weighted by Crippen LogP contribution is 2.32. The highest BCUT2D eigenvalue weighted by Gasteiger charge is 2.22. The highest BCUT2D eigenvalue weighted by atomic mass is 79.9. The summed E-state index contributed by atoms with van der Waals surface area (Å²) >= 11 is 3.76. The van der Waals surface area contributed by atoms with Crippen molar-refractivity contribution in [3.8, 4) is 33.4 Å². The third-order valence-electron chi connectivity index (χ3n) is 7.49. The van der Waals surface area contributed by atoms with Gasteiger partial charge >= 0.3 is 0 Å². The molecule has 1 aliphatic heterocycles. The predicted octanol–water partition coefficient (Wildman–Crippen LogP) is 9.34. The minimum atomic E-state index is -0.317. The number of nitrogens with one attached hydrogen (secondary N) is 1. The van der Waals surface area contributed by atoms with Gasteiger partial charge < -0.3 is 5.32 Å². The minimum absolute atomic E-state index is 0.317. The molecule has 6 aromatic rings. The Kier molecular flexibility index (Phi) is 7.47. The topological polar surface area (TPSA) is 49.6 Å². The van der Waals surface area contributed by atoms with E-state index < -0.39 is 0 Å². The number of nitrogens with zero attached hydrogens (tertiary/aromatic N) is 3. The van der Waals surface area contributed by atoms with Gasteiger partial charge in [-0.1, -0.05) is 131 Å². The summed E-state index contributed by atoms with van der Waals surface area (Å²) in [5.74, 6) is 1.50. The van der Waals surface area contributed by atoms with Crippen molar-refractivity contribution in [2.45, 2.75) is 6.17 Å². The zero-order valence-corrected chi connectivity index (χ0v) is 24.8. The van der Waals surface area contributed by atoms with Crippen LogP contribution in [0.1, 0.15) is 22.9 Å². The molecule has 0 saturated heterocycles. The molecule has 0 saturated carbocycles. The van der Waals surface area contributed by atoms with Gasteiger partial charge in [-0.3, -0.25) is 4.98 Å². The average Bonchev–Trinajstić information content (AvgIpc) is 3.09. The van der Waals surface area contributed by atoms with E-state index in [4.69, 9.17) is 9.98 Å². The summed E-state index contributed by atoms with van der Waals surface area (Å²) in [4.78, 5) is 14.4. The third kappa shape index (κ3) is 5.94. The molecular formula is C38H27BrN4. The Morgan fingerprint density at radius 3 is 1.72 bits per heavy atom. The fourth-order valence-electron chi connectivity index (χ4n) is 5.26. The SMILES string of the molecule is Brc1cc(-c2ccc(-c3cccnc3)cc2)cc(C2N=C(c3ccc(-c4ccccc4)cc3)N=C(c3ccccc3)N2)c1. The number of aromatic nitrogens is 1. The smallest absolute Gasteiger partial charge is 0.159 e. The molecule has 0 spiro atoms. The van der Waals surface area contributed by atoms with Crippen molar-refractivity contribution < 1.29 is 0 Å². The number of hydrogen-bond donors (Lipinski definition) is 1. The minimum Gasteiger partial charge on any atom is -0.344 e. The van der Waals surface area contributed by atoms with Crippen LogP contribution in [0.5, 0.6) is 0 Å². The van der Waals surface area contributed by atoms with Crippen molar-refractivity contribution in [3.63, 3.8) is 0 Å². The van der Waals surface area contributed by atoms with E-state index in [-0.39, 0.29) is 6.17 Å². The lowest BCUT2D eigenvalue weighted by atomic mass is 9.99. The van der Waals surface area contributed by atoms with Crippen LogP contribution in [0.2, 0.25) is 0 Å². The lowest BCUT2D eigenvalue weighted by Gasteiger charge is -2.24. The largest absolute Gasteiger partial charge is 0.344 e. The Bertz CT molecular complexity index is 1920. The summed E-state index contributed by atoms with van der Waals surface area (Å²) in [7, 11) is 0. The van der Waals surface area contributed by atoms with E-state index in [1.54, 1.807) is 6.20 Å². The lowest BCUT2D eigenvalue weighted by Crippen LogP contribution is -2.33. The standard InChI is InChI=1S/C38H27BrN4/c39-35-23-33(29-15-13-28(14-16-29)32-12-7-21-40-25-32)22-34(24-35)38-42-36(30-10-5-2-6-11-30)41-37(43-38)31-19-17-27(18-20-31)26-8-3-1-4-9-26/h1-25,38H,(H,41,42,43). The first-order valence-electron chi connectivity index (χ1n) is 14.2. The van der Waals surface area contributed by atoms with Gasteiger partial charge in [0.15, 0.2) is 5.84 Å². The number of benzene rings is 5. The van der Waals surface area contributed by atoms with E-state index >= 15 is 0 Å². The second-order valence-corrected chi connectivity index (χ2v) is 11.3. The van der Waals surface area contributed by atoms with Gasteiger partial charge in [-0.15, -0.1) is 0 Å². The molecule has 7 rings (SSSR count). The summed E-state index contributed by atoms with van der Waals surface area (Å²) in [6, 6.07) is 48.2. The van der Waals surface area contributed by atoms with Gasteiger partial charge in [0.05, 0.1) is 0 Å². The first kappa shape index (κ1) is 26.7. The van der Waals surface area contributed by atoms with E-state index in [9.17, 15) is 0 Å². The first-order valence-corrected chi connectivity index (χ1v) is 14.9. The van der Waals surface area contributed by atoms with Crippen LogP contribution in [0.4, 0.5) is 0 Å². The molecule has 2 heterocycles. The quantitative estimate of drug-likeness (QED) is 0.202. The number of rotatable bonds is 6. The highest BCUT2D eigenvalue weighted by molar-refractivity contribution is 9.10. The molecule has 1 aromatic heterocycles. The van der Waals surface area contributed by atoms with E-state index in [1.807, 2.05) is 36.5 Å². The Hall–Kier alpha value is -5.13. The van der Waals surface area contributed by atoms with Crippen LogP contribution in [0.25, 0.3) is 33.4 Å². The first-order chi connectivity index (χ1) is 21.2. The second-order valence-electron chi connectivity index (χ2n) is 10.4. The summed E-state index contributed by atoms with van der Waals surface area (Å²) in [6.07, 6.45) is 3.36. The van der Waals surface area contributed by atoms with Gasteiger partial charge in [-0.05, 0) is 63.2 Å². The number of halogens is 1. The van der Waals surface area contributed by atoms with Crippen molar-refractivity contribution in [3.05, 3.63) is 173 Å². The molecule has 43 heavy (non-hydrogen) atoms. The third-order valence-corrected chi connectivity index (χ3v) is 7.95. The average molecular weight is 620 g/mol. The van der Waals surface area contributed by atoms with Gasteiger partial charge in [0.25, 0.3) is 0 Å². The Morgan fingerprint density at radius 1 is 0.512 bits per heavy atom. The Labute approximate surface area is 259 Å². The summed E-state index contributed by atoms with van der Waals surface area (Å²) in [6.45, 7) is 0. The van der Waals surface area contributed by atoms with Gasteiger partial charge in [0.1, 0.15) is 12.0 Å². The molecule has 4 nitrogen and oxygen atoms in total. The van der Waals surface area contributed by atoms with Gasteiger partial charge in [-0.2, -0.15) is 0 Å². The molecular weight excluding hydrogens is 592 g/mol. The molecule has 1 aliphatic rings. The maximum atomic E-state index is 5.12. The molecule has 5 heteroatoms. The molecule has 0 fully saturated rings. The monoisotopic (exact) mass is 618 g/mol. The van der Waals surface area contributed by atoms with Crippen LogP contribution in [0.3, 0.4) is 0 Å². The van der Waals surface area contributed by atoms with Crippen molar-refractivity contribution >= 4 is 27.6 Å². The molecule has 206 valence electrons. The van der Waals surface area contributed by atoms with E-state index in [0.717, 1.165) is 54.8 Å². The molecule has 1 unspecified atom stereocenters. The second kappa shape index (κ2) is 12.0. The van der Waals surface area contributed by atoms with Crippen LogP contribution in [0, 0.1) is 0 Å². The summed E-state index contributed by atoms with van der Waals surface area (Å²) < 4.78 is 0.992. The van der Waals surface area contributed by atoms with Crippen LogP contribution in [-0.4, -0.2) is 16.7 Å². The summed E-state index contributed by atoms with van der Waals surface area (Å²) in [5.41, 5.74) is 9.85. The number of pyridine rings is 1. The van der Waals surface area contributed by atoms with E-state index in [2.05, 4.69) is 135 Å². The molecule has 5 aromatic carbocycles. The van der Waals surface area contributed by atoms with Crippen LogP contribution >= 0.6 is 15.9 Å². The Balaban J connectivity index is 1.24. The summed E-state index contributed by atoms with van der Waals surface area (Å²) in [5, 5.41) is 3.59. The fourth-order valence-corrected chi connectivity index (χ4v) is 5.77. The van der Waals surface area contributed by atoms with Gasteiger partial charge in [0.2, 0.25) is 0 Å². The molecule has 0 aliphatic carbocycles. The fraction of sp³-hybridized carbons (Fsp3) is 0.0263. The maximum absolute atomic E-state index is 5.12. The number of hydrogen-bond acceptors (Lipinski definition) is 4. The van der Waals surface area contributed by atoms with E-state index in [0.29, 0.717) is 5.84 Å². The molecule has 0 bridgehead atoms. The van der Waals surface area contributed by atoms with Crippen molar-refractivity contribution in [1.29, 1.82) is 0 Å². The van der Waals surface area contributed by atoms with Gasteiger partial charge in [-0.25, -0.2) is 9.98 Å². The normalized spacial score (nSPS) is 14.4. The van der Waals surface area contributed by atoms with Crippen molar-refractivity contribution in [2.24, 2.45) is 9.98 Å². The number of amidine groups is 2. The zero-order chi connectivity index (χ0) is 29.0. The predicted molar refractivity (Wildman–Crippen MR) is 180 cm³/mol. The maximum Gasteiger partial charge on any atom is 0.159 e. The van der Waals surface area contributed by atoms with Crippen LogP contribution in [0.15, 0.2) is 166 Å². The lowest BCUT2D eigenvalue weighted by molar-refractivity contribution is 0.674. The van der Waals surface area contributed by atoms with Gasteiger partial charge in [0, 0.05) is 28.0 Å². The van der Waals surface area contributed by atoms with Crippen LogP contribution < -0.4 is 5.32 Å². The van der Waals surface area contributed by atoms with Crippen molar-refractivity contribution in [2.75, 3.05) is 0 Å².